The molecule has 0 bridgehead atoms. The minimum absolute atomic E-state index is 0.152. The summed E-state index contributed by atoms with van der Waals surface area (Å²) in [7, 11) is 0. The molecule has 9 nitrogen and oxygen atoms in total. The van der Waals surface area contributed by atoms with Gasteiger partial charge in [-0.15, -0.1) is 0 Å². The van der Waals surface area contributed by atoms with E-state index in [-0.39, 0.29) is 12.5 Å². The van der Waals surface area contributed by atoms with Crippen molar-refractivity contribution in [3.63, 3.8) is 0 Å². The number of nitrogens with one attached hydrogen (secondary N) is 2. The first kappa shape index (κ1) is 21.2. The molecule has 0 atom stereocenters. The number of carbonyl (C=O) groups excluding carboxylic acids is 1. The zero-order valence-electron chi connectivity index (χ0n) is 18.3. The lowest BCUT2D eigenvalue weighted by molar-refractivity contribution is -0.115. The van der Waals surface area contributed by atoms with E-state index in [1.54, 1.807) is 10.7 Å². The molecule has 31 heavy (non-hydrogen) atoms. The molecule has 3 aromatic heterocycles. The number of nitrogens with zero attached hydrogens (tertiary/aromatic N) is 5. The van der Waals surface area contributed by atoms with Crippen molar-refractivity contribution < 1.29 is 9.21 Å². The molecule has 0 aromatic carbocycles. The minimum atomic E-state index is -0.152. The monoisotopic (exact) mass is 423 g/mol. The average Bonchev–Trinajstić information content (AvgIpc) is 3.47. The smallest absolute Gasteiger partial charge is 0.239 e. The van der Waals surface area contributed by atoms with E-state index in [9.17, 15) is 4.79 Å². The molecule has 4 heterocycles. The zero-order valence-corrected chi connectivity index (χ0v) is 18.3. The Labute approximate surface area is 181 Å². The van der Waals surface area contributed by atoms with Crippen molar-refractivity contribution >= 4 is 11.7 Å². The number of likely N-dealkylation sites (tertiary alicyclic amines) is 1. The topological polar surface area (TPSA) is 101 Å². The van der Waals surface area contributed by atoms with E-state index in [0.717, 1.165) is 43.3 Å². The van der Waals surface area contributed by atoms with Crippen LogP contribution in [-0.4, -0.2) is 63.3 Å². The molecule has 1 aliphatic rings. The minimum Gasteiger partial charge on any atom is -0.458 e. The number of anilines is 1. The lowest BCUT2D eigenvalue weighted by Gasteiger charge is -2.14. The molecule has 0 radical (unpaired) electrons. The van der Waals surface area contributed by atoms with Gasteiger partial charge in [-0.25, -0.2) is 14.6 Å². The van der Waals surface area contributed by atoms with Gasteiger partial charge in [0, 0.05) is 24.8 Å². The van der Waals surface area contributed by atoms with Crippen molar-refractivity contribution in [2.24, 2.45) is 0 Å². The Morgan fingerprint density at radius 1 is 1.13 bits per heavy atom. The van der Waals surface area contributed by atoms with Crippen molar-refractivity contribution in [2.45, 2.75) is 33.6 Å². The Morgan fingerprint density at radius 3 is 2.61 bits per heavy atom. The van der Waals surface area contributed by atoms with Gasteiger partial charge in [-0.2, -0.15) is 5.10 Å². The van der Waals surface area contributed by atoms with Crippen LogP contribution in [0.4, 0.5) is 5.82 Å². The summed E-state index contributed by atoms with van der Waals surface area (Å²) in [4.78, 5) is 24.0. The molecule has 0 aliphatic carbocycles. The maximum atomic E-state index is 12.5. The third-order valence-electron chi connectivity index (χ3n) is 5.26. The maximum Gasteiger partial charge on any atom is 0.239 e. The SMILES string of the molecule is Cc1cc(C)n(-c2cc(NC(=O)CNCCN3CCCC3)nc(-c3ccc(C)o3)n2)n1. The van der Waals surface area contributed by atoms with E-state index in [1.807, 2.05) is 39.0 Å². The summed E-state index contributed by atoms with van der Waals surface area (Å²) < 4.78 is 7.44. The molecule has 1 fully saturated rings. The predicted octanol–water partition coefficient (Wildman–Crippen LogP) is 2.47. The summed E-state index contributed by atoms with van der Waals surface area (Å²) in [5.41, 5.74) is 1.83. The van der Waals surface area contributed by atoms with Crippen molar-refractivity contribution in [3.8, 4) is 17.4 Å². The van der Waals surface area contributed by atoms with Gasteiger partial charge in [0.1, 0.15) is 11.6 Å². The van der Waals surface area contributed by atoms with Crippen LogP contribution < -0.4 is 10.6 Å². The molecule has 1 amide bonds. The Balaban J connectivity index is 1.48. The first-order chi connectivity index (χ1) is 15.0. The summed E-state index contributed by atoms with van der Waals surface area (Å²) in [6.07, 6.45) is 2.53. The Bertz CT molecular complexity index is 1050. The van der Waals surface area contributed by atoms with Gasteiger partial charge in [0.15, 0.2) is 17.4 Å². The second-order valence-corrected chi connectivity index (χ2v) is 7.96. The molecule has 4 rings (SSSR count). The van der Waals surface area contributed by atoms with Gasteiger partial charge in [-0.05, 0) is 64.9 Å². The zero-order chi connectivity index (χ0) is 21.8. The van der Waals surface area contributed by atoms with Crippen LogP contribution in [0.2, 0.25) is 0 Å². The fourth-order valence-corrected chi connectivity index (χ4v) is 3.77. The average molecular weight is 424 g/mol. The molecule has 164 valence electrons. The van der Waals surface area contributed by atoms with Crippen molar-refractivity contribution in [1.82, 2.24) is 30.0 Å². The molecular formula is C22H29N7O2. The fraction of sp³-hybridized carbons (Fsp3) is 0.455. The summed E-state index contributed by atoms with van der Waals surface area (Å²) in [6.45, 7) is 10.0. The van der Waals surface area contributed by atoms with Crippen LogP contribution in [0.3, 0.4) is 0 Å². The molecular weight excluding hydrogens is 394 g/mol. The van der Waals surface area contributed by atoms with Crippen LogP contribution in [0.1, 0.15) is 30.0 Å². The molecule has 9 heteroatoms. The lowest BCUT2D eigenvalue weighted by Crippen LogP contribution is -2.34. The van der Waals surface area contributed by atoms with E-state index >= 15 is 0 Å². The Hall–Kier alpha value is -3.04. The van der Waals surface area contributed by atoms with E-state index in [2.05, 4.69) is 30.6 Å². The highest BCUT2D eigenvalue weighted by molar-refractivity contribution is 5.91. The van der Waals surface area contributed by atoms with Crippen molar-refractivity contribution in [1.29, 1.82) is 0 Å². The molecule has 0 spiro atoms. The number of rotatable bonds is 8. The first-order valence-corrected chi connectivity index (χ1v) is 10.7. The molecule has 1 aliphatic heterocycles. The molecule has 0 unspecified atom stereocenters. The fourth-order valence-electron chi connectivity index (χ4n) is 3.77. The number of furan rings is 1. The van der Waals surface area contributed by atoms with Crippen LogP contribution in [0.5, 0.6) is 0 Å². The third kappa shape index (κ3) is 5.36. The Morgan fingerprint density at radius 2 is 1.94 bits per heavy atom. The van der Waals surface area contributed by atoms with Gasteiger partial charge < -0.3 is 20.0 Å². The maximum absolute atomic E-state index is 12.5. The Kier molecular flexibility index (Phi) is 6.43. The van der Waals surface area contributed by atoms with Crippen molar-refractivity contribution in [2.75, 3.05) is 38.0 Å². The van der Waals surface area contributed by atoms with Gasteiger partial charge in [0.25, 0.3) is 0 Å². The normalized spacial score (nSPS) is 14.3. The number of carbonyl (C=O) groups is 1. The number of hydrogen-bond donors (Lipinski definition) is 2. The van der Waals surface area contributed by atoms with Crippen molar-refractivity contribution in [3.05, 3.63) is 41.4 Å². The van der Waals surface area contributed by atoms with Gasteiger partial charge in [-0.3, -0.25) is 4.79 Å². The van der Waals surface area contributed by atoms with E-state index < -0.39 is 0 Å². The highest BCUT2D eigenvalue weighted by atomic mass is 16.3. The molecule has 0 saturated carbocycles. The quantitative estimate of drug-likeness (QED) is 0.537. The van der Waals surface area contributed by atoms with Crippen LogP contribution in [0.15, 0.2) is 28.7 Å². The number of aryl methyl sites for hydroxylation is 3. The summed E-state index contributed by atoms with van der Waals surface area (Å²) in [5, 5.41) is 10.6. The van der Waals surface area contributed by atoms with Crippen LogP contribution in [0.25, 0.3) is 17.4 Å². The van der Waals surface area contributed by atoms with Crippen LogP contribution in [-0.2, 0) is 4.79 Å². The molecule has 2 N–H and O–H groups in total. The first-order valence-electron chi connectivity index (χ1n) is 10.7. The number of hydrogen-bond acceptors (Lipinski definition) is 7. The largest absolute Gasteiger partial charge is 0.458 e. The summed E-state index contributed by atoms with van der Waals surface area (Å²) >= 11 is 0. The van der Waals surface area contributed by atoms with Crippen LogP contribution in [0, 0.1) is 20.8 Å². The van der Waals surface area contributed by atoms with Gasteiger partial charge >= 0.3 is 0 Å². The molecule has 3 aromatic rings. The summed E-state index contributed by atoms with van der Waals surface area (Å²) in [5.74, 6) is 2.54. The standard InChI is InChI=1S/C22H29N7O2/c1-15-12-16(2)29(27-15)20-13-19(25-22(26-20)18-7-6-17(3)31-18)24-21(30)14-23-8-11-28-9-4-5-10-28/h6-7,12-13,23H,4-5,8-11,14H2,1-3H3,(H,24,25,26,30). The molecule has 1 saturated heterocycles. The number of aromatic nitrogens is 4. The highest BCUT2D eigenvalue weighted by Crippen LogP contribution is 2.22. The van der Waals surface area contributed by atoms with Gasteiger partial charge in [0.2, 0.25) is 5.91 Å². The van der Waals surface area contributed by atoms with Gasteiger partial charge in [-0.1, -0.05) is 0 Å². The lowest BCUT2D eigenvalue weighted by atomic mass is 10.3. The second-order valence-electron chi connectivity index (χ2n) is 7.96. The number of amides is 1. The summed E-state index contributed by atoms with van der Waals surface area (Å²) in [6, 6.07) is 7.38. The van der Waals surface area contributed by atoms with Gasteiger partial charge in [0.05, 0.1) is 12.2 Å². The van der Waals surface area contributed by atoms with E-state index in [4.69, 9.17) is 4.42 Å². The highest BCUT2D eigenvalue weighted by Gasteiger charge is 2.15. The van der Waals surface area contributed by atoms with E-state index in [0.29, 0.717) is 23.2 Å². The predicted molar refractivity (Wildman–Crippen MR) is 118 cm³/mol. The third-order valence-corrected chi connectivity index (χ3v) is 5.26. The van der Waals surface area contributed by atoms with Crippen LogP contribution >= 0.6 is 0 Å². The second kappa shape index (κ2) is 9.40. The van der Waals surface area contributed by atoms with E-state index in [1.165, 1.54) is 12.8 Å².